The Balaban J connectivity index is 1.63. The maximum atomic E-state index is 13.8. The first kappa shape index (κ1) is 17.2. The number of benzene rings is 2. The monoisotopic (exact) mass is 361 g/mol. The van der Waals surface area contributed by atoms with Crippen molar-refractivity contribution in [1.82, 2.24) is 5.32 Å². The highest BCUT2D eigenvalue weighted by atomic mass is 35.5. The van der Waals surface area contributed by atoms with Gasteiger partial charge in [-0.05, 0) is 37.1 Å². The van der Waals surface area contributed by atoms with Crippen LogP contribution in [0.2, 0.25) is 5.02 Å². The van der Waals surface area contributed by atoms with Crippen LogP contribution in [0.3, 0.4) is 0 Å². The Morgan fingerprint density at radius 1 is 1.08 bits per heavy atom. The van der Waals surface area contributed by atoms with Gasteiger partial charge in [0.1, 0.15) is 0 Å². The Morgan fingerprint density at radius 2 is 1.80 bits per heavy atom. The molecule has 0 spiro atoms. The number of rotatable bonds is 6. The SMILES string of the molecule is O=C(CNc1cccc(Cl)c1F)Nc1ccccc1C(=O)NC1CC1. The molecule has 1 aliphatic carbocycles. The van der Waals surface area contributed by atoms with Gasteiger partial charge in [0.05, 0.1) is 28.5 Å². The van der Waals surface area contributed by atoms with Crippen molar-refractivity contribution in [3.8, 4) is 0 Å². The van der Waals surface area contributed by atoms with Gasteiger partial charge in [-0.15, -0.1) is 0 Å². The first-order valence-electron chi connectivity index (χ1n) is 7.92. The predicted octanol–water partition coefficient (Wildman–Crippen LogP) is 3.42. The minimum Gasteiger partial charge on any atom is -0.374 e. The minimum absolute atomic E-state index is 0.0208. The van der Waals surface area contributed by atoms with E-state index < -0.39 is 11.7 Å². The van der Waals surface area contributed by atoms with Crippen LogP contribution >= 0.6 is 11.6 Å². The molecule has 2 aromatic rings. The molecule has 0 atom stereocenters. The topological polar surface area (TPSA) is 70.2 Å². The third kappa shape index (κ3) is 4.48. The summed E-state index contributed by atoms with van der Waals surface area (Å²) in [6.07, 6.45) is 1.96. The van der Waals surface area contributed by atoms with Crippen molar-refractivity contribution >= 4 is 34.8 Å². The van der Waals surface area contributed by atoms with Crippen LogP contribution in [0.4, 0.5) is 15.8 Å². The summed E-state index contributed by atoms with van der Waals surface area (Å²) < 4.78 is 13.8. The molecule has 0 saturated heterocycles. The van der Waals surface area contributed by atoms with E-state index in [0.717, 1.165) is 12.8 Å². The second kappa shape index (κ2) is 7.53. The van der Waals surface area contributed by atoms with Crippen molar-refractivity contribution < 1.29 is 14.0 Å². The zero-order chi connectivity index (χ0) is 17.8. The molecule has 0 aliphatic heterocycles. The Labute approximate surface area is 149 Å². The summed E-state index contributed by atoms with van der Waals surface area (Å²) in [4.78, 5) is 24.3. The van der Waals surface area contributed by atoms with Crippen LogP contribution in [-0.2, 0) is 4.79 Å². The smallest absolute Gasteiger partial charge is 0.253 e. The maximum absolute atomic E-state index is 13.8. The molecular weight excluding hydrogens is 345 g/mol. The lowest BCUT2D eigenvalue weighted by Crippen LogP contribution is -2.28. The van der Waals surface area contributed by atoms with E-state index in [0.29, 0.717) is 11.3 Å². The summed E-state index contributed by atoms with van der Waals surface area (Å²) in [5.74, 6) is -1.22. The van der Waals surface area contributed by atoms with Crippen LogP contribution in [0, 0.1) is 5.82 Å². The fourth-order valence-electron chi connectivity index (χ4n) is 2.29. The molecule has 3 rings (SSSR count). The van der Waals surface area contributed by atoms with Crippen molar-refractivity contribution in [1.29, 1.82) is 0 Å². The highest BCUT2D eigenvalue weighted by molar-refractivity contribution is 6.31. The van der Waals surface area contributed by atoms with Gasteiger partial charge in [0, 0.05) is 6.04 Å². The van der Waals surface area contributed by atoms with Gasteiger partial charge in [0.25, 0.3) is 5.91 Å². The molecule has 0 unspecified atom stereocenters. The van der Waals surface area contributed by atoms with Gasteiger partial charge in [-0.3, -0.25) is 9.59 Å². The minimum atomic E-state index is -0.610. The van der Waals surface area contributed by atoms with Crippen LogP contribution < -0.4 is 16.0 Å². The normalized spacial score (nSPS) is 13.2. The molecule has 0 bridgehead atoms. The second-order valence-corrected chi connectivity index (χ2v) is 6.20. The number of anilines is 2. The van der Waals surface area contributed by atoms with Crippen molar-refractivity contribution in [2.24, 2.45) is 0 Å². The number of para-hydroxylation sites is 1. The lowest BCUT2D eigenvalue weighted by molar-refractivity contribution is -0.114. The zero-order valence-corrected chi connectivity index (χ0v) is 14.1. The van der Waals surface area contributed by atoms with Crippen LogP contribution in [0.15, 0.2) is 42.5 Å². The van der Waals surface area contributed by atoms with Crippen molar-refractivity contribution in [3.05, 3.63) is 58.9 Å². The summed E-state index contributed by atoms with van der Waals surface area (Å²) in [5.41, 5.74) is 0.957. The zero-order valence-electron chi connectivity index (χ0n) is 13.3. The lowest BCUT2D eigenvalue weighted by Gasteiger charge is -2.12. The predicted molar refractivity (Wildman–Crippen MR) is 95.5 cm³/mol. The van der Waals surface area contributed by atoms with Gasteiger partial charge in [-0.1, -0.05) is 29.8 Å². The van der Waals surface area contributed by atoms with E-state index in [9.17, 15) is 14.0 Å². The van der Waals surface area contributed by atoms with E-state index in [2.05, 4.69) is 16.0 Å². The van der Waals surface area contributed by atoms with Crippen molar-refractivity contribution in [2.75, 3.05) is 17.2 Å². The quantitative estimate of drug-likeness (QED) is 0.738. The van der Waals surface area contributed by atoms with E-state index in [1.54, 1.807) is 30.3 Å². The highest BCUT2D eigenvalue weighted by Gasteiger charge is 2.25. The number of halogens is 2. The number of carbonyl (C=O) groups excluding carboxylic acids is 2. The van der Waals surface area contributed by atoms with E-state index in [1.807, 2.05) is 0 Å². The number of hydrogen-bond acceptors (Lipinski definition) is 3. The summed E-state index contributed by atoms with van der Waals surface area (Å²) in [5, 5.41) is 8.23. The van der Waals surface area contributed by atoms with E-state index in [4.69, 9.17) is 11.6 Å². The molecule has 25 heavy (non-hydrogen) atoms. The van der Waals surface area contributed by atoms with Gasteiger partial charge in [-0.2, -0.15) is 0 Å². The lowest BCUT2D eigenvalue weighted by atomic mass is 10.1. The van der Waals surface area contributed by atoms with Crippen LogP contribution in [0.5, 0.6) is 0 Å². The third-order valence-corrected chi connectivity index (χ3v) is 4.04. The molecule has 0 heterocycles. The van der Waals surface area contributed by atoms with E-state index in [-0.39, 0.29) is 29.2 Å². The molecule has 1 fully saturated rings. The largest absolute Gasteiger partial charge is 0.374 e. The fourth-order valence-corrected chi connectivity index (χ4v) is 2.47. The summed E-state index contributed by atoms with van der Waals surface area (Å²) >= 11 is 5.70. The van der Waals surface area contributed by atoms with Crippen molar-refractivity contribution in [2.45, 2.75) is 18.9 Å². The fraction of sp³-hybridized carbons (Fsp3) is 0.222. The molecule has 1 saturated carbocycles. The number of amides is 2. The summed E-state index contributed by atoms with van der Waals surface area (Å²) in [6.45, 7) is -0.157. The molecule has 2 amide bonds. The van der Waals surface area contributed by atoms with Gasteiger partial charge >= 0.3 is 0 Å². The number of hydrogen-bond donors (Lipinski definition) is 3. The van der Waals surface area contributed by atoms with E-state index >= 15 is 0 Å². The average Bonchev–Trinajstić information content (AvgIpc) is 3.40. The molecule has 5 nitrogen and oxygen atoms in total. The van der Waals surface area contributed by atoms with Crippen LogP contribution in [0.25, 0.3) is 0 Å². The first-order valence-corrected chi connectivity index (χ1v) is 8.30. The van der Waals surface area contributed by atoms with Crippen LogP contribution in [0.1, 0.15) is 23.2 Å². The van der Waals surface area contributed by atoms with Crippen molar-refractivity contribution in [3.63, 3.8) is 0 Å². The molecule has 2 aromatic carbocycles. The molecular formula is C18H17ClFN3O2. The highest BCUT2D eigenvalue weighted by Crippen LogP contribution is 2.23. The number of nitrogens with one attached hydrogen (secondary N) is 3. The Morgan fingerprint density at radius 3 is 2.56 bits per heavy atom. The van der Waals surface area contributed by atoms with Gasteiger partial charge < -0.3 is 16.0 Å². The van der Waals surface area contributed by atoms with Crippen LogP contribution in [-0.4, -0.2) is 24.4 Å². The standard InChI is InChI=1S/C18H17ClFN3O2/c19-13-5-3-7-15(17(13)20)21-10-16(24)23-14-6-2-1-4-12(14)18(25)22-11-8-9-11/h1-7,11,21H,8-10H2,(H,22,25)(H,23,24). The van der Waals surface area contributed by atoms with E-state index in [1.165, 1.54) is 12.1 Å². The van der Waals surface area contributed by atoms with Gasteiger partial charge in [0.2, 0.25) is 5.91 Å². The molecule has 0 aromatic heterocycles. The Hall–Kier alpha value is -2.60. The number of carbonyl (C=O) groups is 2. The molecule has 130 valence electrons. The maximum Gasteiger partial charge on any atom is 0.253 e. The molecule has 0 radical (unpaired) electrons. The average molecular weight is 362 g/mol. The first-order chi connectivity index (χ1) is 12.0. The second-order valence-electron chi connectivity index (χ2n) is 5.80. The third-order valence-electron chi connectivity index (χ3n) is 3.75. The Bertz CT molecular complexity index is 809. The molecule has 1 aliphatic rings. The molecule has 7 heteroatoms. The Kier molecular flexibility index (Phi) is 5.19. The molecule has 3 N–H and O–H groups in total. The van der Waals surface area contributed by atoms with Gasteiger partial charge in [-0.25, -0.2) is 4.39 Å². The van der Waals surface area contributed by atoms with Gasteiger partial charge in [0.15, 0.2) is 5.82 Å². The summed E-state index contributed by atoms with van der Waals surface area (Å²) in [6, 6.07) is 11.5. The summed E-state index contributed by atoms with van der Waals surface area (Å²) in [7, 11) is 0.